The summed E-state index contributed by atoms with van der Waals surface area (Å²) in [4.78, 5) is 10.7. The Balaban J connectivity index is 3.18. The van der Waals surface area contributed by atoms with E-state index in [9.17, 15) is 4.79 Å². The summed E-state index contributed by atoms with van der Waals surface area (Å²) in [5.74, 6) is -0.760. The fraction of sp³-hybridized carbons (Fsp3) is 0.364. The normalized spacial score (nSPS) is 10.2. The van der Waals surface area contributed by atoms with Gasteiger partial charge in [-0.05, 0) is 64.8 Å². The van der Waals surface area contributed by atoms with Crippen LogP contribution in [0.1, 0.15) is 23.6 Å². The van der Waals surface area contributed by atoms with E-state index in [1.807, 2.05) is 13.0 Å². The van der Waals surface area contributed by atoms with Crippen LogP contribution in [-0.4, -0.2) is 11.1 Å². The van der Waals surface area contributed by atoms with Crippen LogP contribution in [0.3, 0.4) is 0 Å². The maximum atomic E-state index is 10.7. The van der Waals surface area contributed by atoms with E-state index in [0.29, 0.717) is 0 Å². The van der Waals surface area contributed by atoms with Crippen LogP contribution in [0.25, 0.3) is 0 Å². The predicted octanol–water partition coefficient (Wildman–Crippen LogP) is 2.79. The highest BCUT2D eigenvalue weighted by molar-refractivity contribution is 14.1. The SMILES string of the molecule is CCc1cc(I)cc(C)c1CC(=O)O. The first-order valence-corrected chi connectivity index (χ1v) is 5.62. The molecule has 0 spiro atoms. The molecule has 0 radical (unpaired) electrons. The summed E-state index contributed by atoms with van der Waals surface area (Å²) in [6.07, 6.45) is 1.02. The van der Waals surface area contributed by atoms with Crippen LogP contribution in [0.15, 0.2) is 12.1 Å². The summed E-state index contributed by atoms with van der Waals surface area (Å²) < 4.78 is 1.17. The quantitative estimate of drug-likeness (QED) is 0.872. The van der Waals surface area contributed by atoms with Gasteiger partial charge >= 0.3 is 5.97 Å². The summed E-state index contributed by atoms with van der Waals surface area (Å²) in [6.45, 7) is 4.02. The molecule has 0 unspecified atom stereocenters. The number of hydrogen-bond acceptors (Lipinski definition) is 1. The minimum Gasteiger partial charge on any atom is -0.481 e. The molecule has 0 saturated carbocycles. The molecule has 76 valence electrons. The number of hydrogen-bond donors (Lipinski definition) is 1. The van der Waals surface area contributed by atoms with Crippen LogP contribution in [0.5, 0.6) is 0 Å². The van der Waals surface area contributed by atoms with Crippen molar-refractivity contribution in [3.63, 3.8) is 0 Å². The Morgan fingerprint density at radius 3 is 2.64 bits per heavy atom. The van der Waals surface area contributed by atoms with E-state index < -0.39 is 5.97 Å². The largest absolute Gasteiger partial charge is 0.481 e. The van der Waals surface area contributed by atoms with Gasteiger partial charge in [0.05, 0.1) is 6.42 Å². The van der Waals surface area contributed by atoms with Gasteiger partial charge in [-0.15, -0.1) is 0 Å². The molecular weight excluding hydrogens is 291 g/mol. The molecule has 3 heteroatoms. The molecule has 0 saturated heterocycles. The van der Waals surface area contributed by atoms with Crippen molar-refractivity contribution < 1.29 is 9.90 Å². The van der Waals surface area contributed by atoms with Crippen molar-refractivity contribution in [2.45, 2.75) is 26.7 Å². The van der Waals surface area contributed by atoms with Gasteiger partial charge in [-0.1, -0.05) is 6.92 Å². The van der Waals surface area contributed by atoms with E-state index in [1.54, 1.807) is 0 Å². The molecule has 0 fully saturated rings. The molecule has 0 aromatic heterocycles. The minimum absolute atomic E-state index is 0.131. The van der Waals surface area contributed by atoms with Crippen LogP contribution in [0.4, 0.5) is 0 Å². The monoisotopic (exact) mass is 304 g/mol. The fourth-order valence-electron chi connectivity index (χ4n) is 1.56. The number of carbonyl (C=O) groups is 1. The van der Waals surface area contributed by atoms with Crippen molar-refractivity contribution in [1.29, 1.82) is 0 Å². The molecule has 2 nitrogen and oxygen atoms in total. The Labute approximate surface area is 97.5 Å². The number of halogens is 1. The van der Waals surface area contributed by atoms with E-state index >= 15 is 0 Å². The zero-order chi connectivity index (χ0) is 10.7. The Morgan fingerprint density at radius 1 is 1.50 bits per heavy atom. The van der Waals surface area contributed by atoms with Gasteiger partial charge in [-0.25, -0.2) is 0 Å². The van der Waals surface area contributed by atoms with Crippen molar-refractivity contribution in [3.05, 3.63) is 32.4 Å². The number of benzene rings is 1. The molecule has 0 atom stereocenters. The van der Waals surface area contributed by atoms with Crippen molar-refractivity contribution >= 4 is 28.6 Å². The molecule has 0 bridgehead atoms. The summed E-state index contributed by atoms with van der Waals surface area (Å²) in [6, 6.07) is 4.09. The Morgan fingerprint density at radius 2 is 2.14 bits per heavy atom. The lowest BCUT2D eigenvalue weighted by Crippen LogP contribution is -2.06. The van der Waals surface area contributed by atoms with Gasteiger partial charge in [-0.3, -0.25) is 4.79 Å². The third-order valence-corrected chi connectivity index (χ3v) is 2.86. The smallest absolute Gasteiger partial charge is 0.307 e. The van der Waals surface area contributed by atoms with E-state index in [2.05, 4.69) is 35.6 Å². The van der Waals surface area contributed by atoms with Gasteiger partial charge in [0.25, 0.3) is 0 Å². The van der Waals surface area contributed by atoms with Crippen molar-refractivity contribution in [3.8, 4) is 0 Å². The summed E-state index contributed by atoms with van der Waals surface area (Å²) in [5, 5.41) is 8.78. The highest BCUT2D eigenvalue weighted by Crippen LogP contribution is 2.19. The molecular formula is C11H13IO2. The second-order valence-electron chi connectivity index (χ2n) is 3.28. The highest BCUT2D eigenvalue weighted by Gasteiger charge is 2.09. The standard InChI is InChI=1S/C11H13IO2/c1-3-8-5-9(12)4-7(2)10(8)6-11(13)14/h4-5H,3,6H2,1-2H3,(H,13,14). The van der Waals surface area contributed by atoms with Gasteiger partial charge in [0.1, 0.15) is 0 Å². The summed E-state index contributed by atoms with van der Waals surface area (Å²) in [7, 11) is 0. The van der Waals surface area contributed by atoms with Crippen molar-refractivity contribution in [2.24, 2.45) is 0 Å². The van der Waals surface area contributed by atoms with Crippen LogP contribution >= 0.6 is 22.6 Å². The van der Waals surface area contributed by atoms with E-state index in [4.69, 9.17) is 5.11 Å². The highest BCUT2D eigenvalue weighted by atomic mass is 127. The summed E-state index contributed by atoms with van der Waals surface area (Å²) in [5.41, 5.74) is 3.20. The number of carboxylic acid groups (broad SMARTS) is 1. The zero-order valence-corrected chi connectivity index (χ0v) is 10.5. The maximum Gasteiger partial charge on any atom is 0.307 e. The molecule has 1 aromatic rings. The third kappa shape index (κ3) is 2.70. The Kier molecular flexibility index (Phi) is 3.92. The molecule has 0 aliphatic rings. The first kappa shape index (κ1) is 11.5. The van der Waals surface area contributed by atoms with Crippen LogP contribution in [0.2, 0.25) is 0 Å². The molecule has 1 N–H and O–H groups in total. The first-order valence-electron chi connectivity index (χ1n) is 4.54. The van der Waals surface area contributed by atoms with Gasteiger partial charge in [0.15, 0.2) is 0 Å². The molecule has 1 aromatic carbocycles. The lowest BCUT2D eigenvalue weighted by Gasteiger charge is -2.10. The van der Waals surface area contributed by atoms with E-state index in [1.165, 1.54) is 3.57 Å². The molecule has 14 heavy (non-hydrogen) atoms. The number of carboxylic acids is 1. The molecule has 0 aliphatic carbocycles. The second kappa shape index (κ2) is 4.77. The molecule has 1 rings (SSSR count). The zero-order valence-electron chi connectivity index (χ0n) is 8.30. The molecule has 0 amide bonds. The van der Waals surface area contributed by atoms with Gasteiger partial charge in [0, 0.05) is 3.57 Å². The molecule has 0 heterocycles. The first-order chi connectivity index (χ1) is 6.54. The van der Waals surface area contributed by atoms with E-state index in [-0.39, 0.29) is 6.42 Å². The van der Waals surface area contributed by atoms with Crippen molar-refractivity contribution in [2.75, 3.05) is 0 Å². The Bertz CT molecular complexity index is 359. The van der Waals surface area contributed by atoms with E-state index in [0.717, 1.165) is 23.1 Å². The average molecular weight is 304 g/mol. The minimum atomic E-state index is -0.760. The van der Waals surface area contributed by atoms with Crippen LogP contribution < -0.4 is 0 Å². The van der Waals surface area contributed by atoms with Crippen LogP contribution in [-0.2, 0) is 17.6 Å². The predicted molar refractivity (Wildman–Crippen MR) is 64.6 cm³/mol. The second-order valence-corrected chi connectivity index (χ2v) is 4.53. The van der Waals surface area contributed by atoms with Gasteiger partial charge < -0.3 is 5.11 Å². The lowest BCUT2D eigenvalue weighted by molar-refractivity contribution is -0.136. The van der Waals surface area contributed by atoms with Crippen LogP contribution in [0, 0.1) is 10.5 Å². The Hall–Kier alpha value is -0.580. The summed E-state index contributed by atoms with van der Waals surface area (Å²) >= 11 is 2.26. The lowest BCUT2D eigenvalue weighted by atomic mass is 9.98. The number of aliphatic carboxylic acids is 1. The topological polar surface area (TPSA) is 37.3 Å². The van der Waals surface area contributed by atoms with Gasteiger partial charge in [0.2, 0.25) is 0 Å². The fourth-order valence-corrected chi connectivity index (χ4v) is 2.41. The number of rotatable bonds is 3. The average Bonchev–Trinajstić information content (AvgIpc) is 2.08. The maximum absolute atomic E-state index is 10.7. The molecule has 0 aliphatic heterocycles. The van der Waals surface area contributed by atoms with Crippen molar-refractivity contribution in [1.82, 2.24) is 0 Å². The number of aryl methyl sites for hydroxylation is 2. The third-order valence-electron chi connectivity index (χ3n) is 2.24. The van der Waals surface area contributed by atoms with Gasteiger partial charge in [-0.2, -0.15) is 0 Å².